The van der Waals surface area contributed by atoms with Gasteiger partial charge in [-0.1, -0.05) is 18.2 Å². The number of ether oxygens (including phenoxy) is 2. The first-order valence-electron chi connectivity index (χ1n) is 7.58. The second-order valence-corrected chi connectivity index (χ2v) is 5.62. The van der Waals surface area contributed by atoms with Crippen LogP contribution in [0.2, 0.25) is 0 Å². The molecule has 2 atom stereocenters. The summed E-state index contributed by atoms with van der Waals surface area (Å²) in [5, 5.41) is 2.84. The van der Waals surface area contributed by atoms with Gasteiger partial charge in [-0.2, -0.15) is 0 Å². The highest BCUT2D eigenvalue weighted by atomic mass is 19.1. The van der Waals surface area contributed by atoms with Gasteiger partial charge in [0.25, 0.3) is 5.91 Å². The average molecular weight is 333 g/mol. The van der Waals surface area contributed by atoms with Crippen molar-refractivity contribution in [1.82, 2.24) is 5.32 Å². The molecule has 0 aliphatic heterocycles. The zero-order chi connectivity index (χ0) is 17.1. The Morgan fingerprint density at radius 1 is 1.21 bits per heavy atom. The quantitative estimate of drug-likeness (QED) is 0.884. The minimum absolute atomic E-state index is 0.00969. The van der Waals surface area contributed by atoms with Gasteiger partial charge in [-0.05, 0) is 30.2 Å². The molecule has 0 bridgehead atoms. The first-order valence-corrected chi connectivity index (χ1v) is 7.58. The van der Waals surface area contributed by atoms with Crippen molar-refractivity contribution in [3.05, 3.63) is 59.7 Å². The maximum Gasteiger partial charge on any atom is 0.258 e. The van der Waals surface area contributed by atoms with Crippen LogP contribution in [0.1, 0.15) is 17.9 Å². The molecule has 0 aromatic heterocycles. The van der Waals surface area contributed by atoms with E-state index >= 15 is 0 Å². The number of amides is 1. The molecule has 4 nitrogen and oxygen atoms in total. The smallest absolute Gasteiger partial charge is 0.258 e. The van der Waals surface area contributed by atoms with Crippen molar-refractivity contribution in [1.29, 1.82) is 0 Å². The lowest BCUT2D eigenvalue weighted by Gasteiger charge is -2.10. The summed E-state index contributed by atoms with van der Waals surface area (Å²) in [5.41, 5.74) is 1.05. The van der Waals surface area contributed by atoms with Crippen LogP contribution in [0, 0.1) is 11.6 Å². The number of methoxy groups -OCH3 is 1. The van der Waals surface area contributed by atoms with Crippen LogP contribution >= 0.6 is 0 Å². The Kier molecular flexibility index (Phi) is 4.64. The molecule has 2 aromatic carbocycles. The van der Waals surface area contributed by atoms with Crippen LogP contribution in [0.15, 0.2) is 42.5 Å². The number of rotatable bonds is 6. The van der Waals surface area contributed by atoms with Gasteiger partial charge in [-0.15, -0.1) is 0 Å². The normalized spacial score (nSPS) is 18.8. The van der Waals surface area contributed by atoms with E-state index in [0.717, 1.165) is 29.9 Å². The summed E-state index contributed by atoms with van der Waals surface area (Å²) >= 11 is 0. The topological polar surface area (TPSA) is 47.6 Å². The van der Waals surface area contributed by atoms with E-state index < -0.39 is 11.6 Å². The molecule has 6 heteroatoms. The number of hydrogen-bond donors (Lipinski definition) is 1. The van der Waals surface area contributed by atoms with Crippen LogP contribution in [-0.2, 0) is 4.79 Å². The molecule has 126 valence electrons. The fourth-order valence-electron chi connectivity index (χ4n) is 2.65. The van der Waals surface area contributed by atoms with Crippen molar-refractivity contribution in [2.24, 2.45) is 0 Å². The van der Waals surface area contributed by atoms with E-state index in [2.05, 4.69) is 5.32 Å². The van der Waals surface area contributed by atoms with Crippen LogP contribution < -0.4 is 14.8 Å². The highest BCUT2D eigenvalue weighted by Crippen LogP contribution is 2.44. The van der Waals surface area contributed by atoms with Gasteiger partial charge < -0.3 is 14.8 Å². The Morgan fingerprint density at radius 3 is 2.75 bits per heavy atom. The second kappa shape index (κ2) is 6.86. The van der Waals surface area contributed by atoms with E-state index in [1.54, 1.807) is 7.11 Å². The van der Waals surface area contributed by atoms with Crippen molar-refractivity contribution in [2.75, 3.05) is 13.7 Å². The van der Waals surface area contributed by atoms with Gasteiger partial charge in [-0.3, -0.25) is 4.79 Å². The van der Waals surface area contributed by atoms with E-state index in [1.807, 2.05) is 24.3 Å². The molecule has 24 heavy (non-hydrogen) atoms. The SMILES string of the molecule is COc1ccccc1[C@H]1C[C@H]1NC(=O)COc1ccc(F)cc1F. The largest absolute Gasteiger partial charge is 0.496 e. The molecule has 1 aliphatic carbocycles. The lowest BCUT2D eigenvalue weighted by molar-refractivity contribution is -0.123. The minimum atomic E-state index is -0.832. The second-order valence-electron chi connectivity index (χ2n) is 5.62. The van der Waals surface area contributed by atoms with E-state index in [9.17, 15) is 13.6 Å². The first kappa shape index (κ1) is 16.2. The summed E-state index contributed by atoms with van der Waals surface area (Å²) in [6.45, 7) is -0.322. The summed E-state index contributed by atoms with van der Waals surface area (Å²) in [5.74, 6) is -1.02. The Balaban J connectivity index is 1.52. The van der Waals surface area contributed by atoms with Gasteiger partial charge in [0, 0.05) is 18.0 Å². The molecule has 0 heterocycles. The maximum absolute atomic E-state index is 13.4. The number of carbonyl (C=O) groups excluding carboxylic acids is 1. The fraction of sp³-hybridized carbons (Fsp3) is 0.278. The average Bonchev–Trinajstić information content (AvgIpc) is 3.33. The number of nitrogens with one attached hydrogen (secondary N) is 1. The molecule has 2 aromatic rings. The van der Waals surface area contributed by atoms with Crippen LogP contribution in [0.25, 0.3) is 0 Å². The monoisotopic (exact) mass is 333 g/mol. The van der Waals surface area contributed by atoms with Crippen molar-refractivity contribution in [2.45, 2.75) is 18.4 Å². The lowest BCUT2D eigenvalue weighted by Crippen LogP contribution is -2.31. The number of carbonyl (C=O) groups is 1. The Hall–Kier alpha value is -2.63. The maximum atomic E-state index is 13.4. The van der Waals surface area contributed by atoms with Gasteiger partial charge in [0.1, 0.15) is 11.6 Å². The summed E-state index contributed by atoms with van der Waals surface area (Å²) in [4.78, 5) is 11.9. The highest BCUT2D eigenvalue weighted by Gasteiger charge is 2.41. The van der Waals surface area contributed by atoms with Crippen LogP contribution in [-0.4, -0.2) is 25.7 Å². The number of hydrogen-bond acceptors (Lipinski definition) is 3. The summed E-state index contributed by atoms with van der Waals surface area (Å²) < 4.78 is 36.6. The zero-order valence-electron chi connectivity index (χ0n) is 13.1. The van der Waals surface area contributed by atoms with E-state index in [-0.39, 0.29) is 30.2 Å². The van der Waals surface area contributed by atoms with Crippen LogP contribution in [0.4, 0.5) is 8.78 Å². The molecule has 1 fully saturated rings. The highest BCUT2D eigenvalue weighted by molar-refractivity contribution is 5.78. The van der Waals surface area contributed by atoms with Crippen molar-refractivity contribution < 1.29 is 23.0 Å². The molecule has 3 rings (SSSR count). The van der Waals surface area contributed by atoms with E-state index in [4.69, 9.17) is 9.47 Å². The molecule has 1 saturated carbocycles. The third-order valence-electron chi connectivity index (χ3n) is 3.93. The number of para-hydroxylation sites is 1. The summed E-state index contributed by atoms with van der Waals surface area (Å²) in [6.07, 6.45) is 0.816. The van der Waals surface area contributed by atoms with Gasteiger partial charge in [0.15, 0.2) is 18.2 Å². The molecule has 0 radical (unpaired) electrons. The Labute approximate surface area is 138 Å². The minimum Gasteiger partial charge on any atom is -0.496 e. The molecular weight excluding hydrogens is 316 g/mol. The molecule has 0 spiro atoms. The molecule has 1 aliphatic rings. The van der Waals surface area contributed by atoms with Gasteiger partial charge in [0.05, 0.1) is 7.11 Å². The first-order chi connectivity index (χ1) is 11.6. The Morgan fingerprint density at radius 2 is 2.00 bits per heavy atom. The predicted octanol–water partition coefficient (Wildman–Crippen LogP) is 3.02. The molecule has 1 N–H and O–H groups in total. The Bertz CT molecular complexity index is 751. The number of benzene rings is 2. The standard InChI is InChI=1S/C18H17F2NO3/c1-23-16-5-3-2-4-12(16)13-9-15(13)21-18(22)10-24-17-7-6-11(19)8-14(17)20/h2-8,13,15H,9-10H2,1H3,(H,21,22)/t13-,15-/m1/s1. The van der Waals surface area contributed by atoms with Crippen molar-refractivity contribution in [3.8, 4) is 11.5 Å². The number of halogens is 2. The molecule has 0 unspecified atom stereocenters. The third-order valence-corrected chi connectivity index (χ3v) is 3.93. The van der Waals surface area contributed by atoms with Crippen molar-refractivity contribution in [3.63, 3.8) is 0 Å². The van der Waals surface area contributed by atoms with E-state index in [1.165, 1.54) is 0 Å². The van der Waals surface area contributed by atoms with Crippen LogP contribution in [0.5, 0.6) is 11.5 Å². The fourth-order valence-corrected chi connectivity index (χ4v) is 2.65. The molecule has 0 saturated heterocycles. The molecule has 1 amide bonds. The molecular formula is C18H17F2NO3. The van der Waals surface area contributed by atoms with Crippen LogP contribution in [0.3, 0.4) is 0 Å². The predicted molar refractivity (Wildman–Crippen MR) is 84.1 cm³/mol. The van der Waals surface area contributed by atoms with Gasteiger partial charge in [0.2, 0.25) is 0 Å². The zero-order valence-corrected chi connectivity index (χ0v) is 13.1. The van der Waals surface area contributed by atoms with E-state index in [0.29, 0.717) is 6.07 Å². The lowest BCUT2D eigenvalue weighted by atomic mass is 10.1. The summed E-state index contributed by atoms with van der Waals surface area (Å²) in [7, 11) is 1.61. The van der Waals surface area contributed by atoms with Crippen molar-refractivity contribution >= 4 is 5.91 Å². The summed E-state index contributed by atoms with van der Waals surface area (Å²) in [6, 6.07) is 10.6. The van der Waals surface area contributed by atoms with Gasteiger partial charge in [-0.25, -0.2) is 8.78 Å². The third kappa shape index (κ3) is 3.64. The van der Waals surface area contributed by atoms with Gasteiger partial charge >= 0.3 is 0 Å².